The maximum Gasteiger partial charge on any atom is 0.225 e. The number of carbonyl (C=O) groups excluding carboxylic acids is 1. The molecule has 0 aliphatic carbocycles. The van der Waals surface area contributed by atoms with E-state index in [2.05, 4.69) is 5.32 Å². The summed E-state index contributed by atoms with van der Waals surface area (Å²) in [4.78, 5) is 11.5. The highest BCUT2D eigenvalue weighted by atomic mass is 16.5. The van der Waals surface area contributed by atoms with E-state index in [0.717, 1.165) is 0 Å². The van der Waals surface area contributed by atoms with Crippen molar-refractivity contribution >= 4 is 5.91 Å². The second-order valence-electron chi connectivity index (χ2n) is 4.38. The molecule has 0 aliphatic rings. The highest BCUT2D eigenvalue weighted by molar-refractivity contribution is 5.81. The zero-order valence-corrected chi connectivity index (χ0v) is 9.46. The molecule has 4 heteroatoms. The molecular formula is C10H21NO3. The standard InChI is InChI=1S/C10H21NO3/c1-10(2,3)9(13)11-8(7-12)5-6-14-4/h8,12H,5-7H2,1-4H3,(H,11,13)/t8-/m1/s1. The number of hydrogen-bond donors (Lipinski definition) is 2. The van der Waals surface area contributed by atoms with Crippen LogP contribution in [0.4, 0.5) is 0 Å². The molecule has 0 fully saturated rings. The van der Waals surface area contributed by atoms with Crippen molar-refractivity contribution in [1.82, 2.24) is 5.32 Å². The molecule has 14 heavy (non-hydrogen) atoms. The molecule has 0 heterocycles. The summed E-state index contributed by atoms with van der Waals surface area (Å²) >= 11 is 0. The Bertz CT molecular complexity index is 175. The Hall–Kier alpha value is -0.610. The first kappa shape index (κ1) is 13.4. The van der Waals surface area contributed by atoms with E-state index in [1.807, 2.05) is 20.8 Å². The lowest BCUT2D eigenvalue weighted by atomic mass is 9.95. The Morgan fingerprint density at radius 1 is 1.50 bits per heavy atom. The molecule has 0 rings (SSSR count). The molecule has 1 atom stereocenters. The third kappa shape index (κ3) is 5.19. The Morgan fingerprint density at radius 2 is 2.07 bits per heavy atom. The van der Waals surface area contributed by atoms with Gasteiger partial charge in [0.05, 0.1) is 12.6 Å². The SMILES string of the molecule is COCC[C@H](CO)NC(=O)C(C)(C)C. The Kier molecular flexibility index (Phi) is 5.72. The zero-order chi connectivity index (χ0) is 11.2. The van der Waals surface area contributed by atoms with Gasteiger partial charge in [-0.25, -0.2) is 0 Å². The smallest absolute Gasteiger partial charge is 0.225 e. The maximum atomic E-state index is 11.5. The molecule has 4 nitrogen and oxygen atoms in total. The van der Waals surface area contributed by atoms with E-state index in [1.54, 1.807) is 7.11 Å². The van der Waals surface area contributed by atoms with Gasteiger partial charge in [-0.1, -0.05) is 20.8 Å². The molecule has 0 unspecified atom stereocenters. The number of aliphatic hydroxyl groups excluding tert-OH is 1. The molecule has 0 spiro atoms. The molecule has 0 radical (unpaired) electrons. The lowest BCUT2D eigenvalue weighted by Gasteiger charge is -2.22. The predicted octanol–water partition coefficient (Wildman–Crippen LogP) is 0.546. The molecule has 0 aromatic heterocycles. The number of nitrogens with one attached hydrogen (secondary N) is 1. The Labute approximate surface area is 85.6 Å². The van der Waals surface area contributed by atoms with Crippen molar-refractivity contribution in [3.8, 4) is 0 Å². The van der Waals surface area contributed by atoms with Crippen LogP contribution in [0.1, 0.15) is 27.2 Å². The van der Waals surface area contributed by atoms with Crippen molar-refractivity contribution in [3.63, 3.8) is 0 Å². The predicted molar refractivity (Wildman–Crippen MR) is 55.0 cm³/mol. The normalized spacial score (nSPS) is 13.8. The highest BCUT2D eigenvalue weighted by Gasteiger charge is 2.23. The van der Waals surface area contributed by atoms with Gasteiger partial charge in [-0.3, -0.25) is 4.79 Å². The van der Waals surface area contributed by atoms with Crippen molar-refractivity contribution < 1.29 is 14.6 Å². The maximum absolute atomic E-state index is 11.5. The van der Waals surface area contributed by atoms with Crippen LogP contribution in [0.5, 0.6) is 0 Å². The minimum Gasteiger partial charge on any atom is -0.394 e. The van der Waals surface area contributed by atoms with E-state index in [1.165, 1.54) is 0 Å². The zero-order valence-electron chi connectivity index (χ0n) is 9.46. The largest absolute Gasteiger partial charge is 0.394 e. The van der Waals surface area contributed by atoms with Gasteiger partial charge in [0.15, 0.2) is 0 Å². The molecule has 0 bridgehead atoms. The summed E-state index contributed by atoms with van der Waals surface area (Å²) in [6.07, 6.45) is 0.634. The van der Waals surface area contributed by atoms with E-state index in [-0.39, 0.29) is 18.6 Å². The minimum atomic E-state index is -0.416. The summed E-state index contributed by atoms with van der Waals surface area (Å²) in [5, 5.41) is 11.8. The van der Waals surface area contributed by atoms with Gasteiger partial charge in [-0.2, -0.15) is 0 Å². The van der Waals surface area contributed by atoms with Crippen molar-refractivity contribution in [2.24, 2.45) is 5.41 Å². The van der Waals surface area contributed by atoms with Crippen LogP contribution in [0.15, 0.2) is 0 Å². The van der Waals surface area contributed by atoms with Crippen molar-refractivity contribution in [2.45, 2.75) is 33.2 Å². The molecule has 0 aromatic carbocycles. The fourth-order valence-corrected chi connectivity index (χ4v) is 0.871. The quantitative estimate of drug-likeness (QED) is 0.686. The summed E-state index contributed by atoms with van der Waals surface area (Å²) in [5.74, 6) is -0.0485. The van der Waals surface area contributed by atoms with Crippen molar-refractivity contribution in [2.75, 3.05) is 20.3 Å². The Balaban J connectivity index is 3.99. The number of aliphatic hydroxyl groups is 1. The van der Waals surface area contributed by atoms with E-state index >= 15 is 0 Å². The van der Waals surface area contributed by atoms with Gasteiger partial charge < -0.3 is 15.2 Å². The van der Waals surface area contributed by atoms with Gasteiger partial charge in [0.25, 0.3) is 0 Å². The molecule has 2 N–H and O–H groups in total. The number of methoxy groups -OCH3 is 1. The third-order valence-electron chi connectivity index (χ3n) is 1.91. The van der Waals surface area contributed by atoms with E-state index in [4.69, 9.17) is 9.84 Å². The van der Waals surface area contributed by atoms with Crippen LogP contribution >= 0.6 is 0 Å². The first-order valence-electron chi connectivity index (χ1n) is 4.82. The summed E-state index contributed by atoms with van der Waals surface area (Å²) < 4.78 is 4.88. The molecule has 0 aromatic rings. The average molecular weight is 203 g/mol. The van der Waals surface area contributed by atoms with E-state index in [0.29, 0.717) is 13.0 Å². The van der Waals surface area contributed by atoms with Crippen LogP contribution in [-0.4, -0.2) is 37.4 Å². The molecule has 1 amide bonds. The topological polar surface area (TPSA) is 58.6 Å². The van der Waals surface area contributed by atoms with Gasteiger partial charge >= 0.3 is 0 Å². The summed E-state index contributed by atoms with van der Waals surface area (Å²) in [6.45, 7) is 6.01. The first-order chi connectivity index (χ1) is 6.41. The van der Waals surface area contributed by atoms with Gasteiger partial charge in [0.2, 0.25) is 5.91 Å². The monoisotopic (exact) mass is 203 g/mol. The number of ether oxygens (including phenoxy) is 1. The third-order valence-corrected chi connectivity index (χ3v) is 1.91. The van der Waals surface area contributed by atoms with Crippen molar-refractivity contribution in [3.05, 3.63) is 0 Å². The van der Waals surface area contributed by atoms with Crippen LogP contribution in [0.25, 0.3) is 0 Å². The summed E-state index contributed by atoms with van der Waals surface area (Å²) in [7, 11) is 1.60. The highest BCUT2D eigenvalue weighted by Crippen LogP contribution is 2.13. The summed E-state index contributed by atoms with van der Waals surface area (Å²) in [5.41, 5.74) is -0.416. The van der Waals surface area contributed by atoms with Crippen molar-refractivity contribution in [1.29, 1.82) is 0 Å². The average Bonchev–Trinajstić information content (AvgIpc) is 2.10. The van der Waals surface area contributed by atoms with E-state index < -0.39 is 5.41 Å². The fraction of sp³-hybridized carbons (Fsp3) is 0.900. The van der Waals surface area contributed by atoms with Gasteiger partial charge in [0.1, 0.15) is 0 Å². The molecule has 0 aliphatic heterocycles. The second kappa shape index (κ2) is 5.98. The number of hydrogen-bond acceptors (Lipinski definition) is 3. The van der Waals surface area contributed by atoms with Gasteiger partial charge in [-0.05, 0) is 6.42 Å². The first-order valence-corrected chi connectivity index (χ1v) is 4.82. The molecule has 0 saturated carbocycles. The number of amides is 1. The molecule has 0 saturated heterocycles. The summed E-state index contributed by atoms with van der Waals surface area (Å²) in [6, 6.07) is -0.207. The minimum absolute atomic E-state index is 0.0485. The molecule has 84 valence electrons. The second-order valence-corrected chi connectivity index (χ2v) is 4.38. The number of carbonyl (C=O) groups is 1. The van der Waals surface area contributed by atoms with Crippen LogP contribution in [-0.2, 0) is 9.53 Å². The van der Waals surface area contributed by atoms with Crippen LogP contribution < -0.4 is 5.32 Å². The fourth-order valence-electron chi connectivity index (χ4n) is 0.871. The Morgan fingerprint density at radius 3 is 2.43 bits per heavy atom. The molecular weight excluding hydrogens is 182 g/mol. The van der Waals surface area contributed by atoms with Gasteiger partial charge in [0, 0.05) is 19.1 Å². The lowest BCUT2D eigenvalue weighted by Crippen LogP contribution is -2.43. The van der Waals surface area contributed by atoms with Crippen LogP contribution in [0, 0.1) is 5.41 Å². The van der Waals surface area contributed by atoms with Crippen LogP contribution in [0.3, 0.4) is 0 Å². The lowest BCUT2D eigenvalue weighted by molar-refractivity contribution is -0.129. The van der Waals surface area contributed by atoms with E-state index in [9.17, 15) is 4.79 Å². The van der Waals surface area contributed by atoms with Gasteiger partial charge in [-0.15, -0.1) is 0 Å². The van der Waals surface area contributed by atoms with Crippen LogP contribution in [0.2, 0.25) is 0 Å². The number of rotatable bonds is 5.